The van der Waals surface area contributed by atoms with Crippen molar-refractivity contribution < 1.29 is 4.74 Å². The SMILES string of the molecule is ClCC1CCOC1c1cc(Br)cs1. The number of hydrogen-bond acceptors (Lipinski definition) is 2. The molecular weight excluding hydrogens is 272 g/mol. The maximum absolute atomic E-state index is 5.87. The Morgan fingerprint density at radius 1 is 1.69 bits per heavy atom. The van der Waals surface area contributed by atoms with Gasteiger partial charge in [-0.1, -0.05) is 0 Å². The van der Waals surface area contributed by atoms with E-state index in [9.17, 15) is 0 Å². The third kappa shape index (κ3) is 2.09. The van der Waals surface area contributed by atoms with E-state index < -0.39 is 0 Å². The molecule has 2 unspecified atom stereocenters. The lowest BCUT2D eigenvalue weighted by atomic mass is 10.0. The maximum Gasteiger partial charge on any atom is 0.0957 e. The third-order valence-corrected chi connectivity index (χ3v) is 4.43. The molecule has 1 fully saturated rings. The zero-order valence-electron chi connectivity index (χ0n) is 7.00. The van der Waals surface area contributed by atoms with E-state index in [1.807, 2.05) is 0 Å². The Bertz CT molecular complexity index is 289. The van der Waals surface area contributed by atoms with Gasteiger partial charge < -0.3 is 4.74 Å². The quantitative estimate of drug-likeness (QED) is 0.749. The van der Waals surface area contributed by atoms with Crippen LogP contribution in [-0.4, -0.2) is 12.5 Å². The molecule has 0 aliphatic carbocycles. The summed E-state index contributed by atoms with van der Waals surface area (Å²) in [5.41, 5.74) is 0. The molecule has 0 N–H and O–H groups in total. The Kier molecular flexibility index (Phi) is 3.30. The first-order valence-corrected chi connectivity index (χ1v) is 6.43. The summed E-state index contributed by atoms with van der Waals surface area (Å²) in [5, 5.41) is 2.09. The molecule has 0 radical (unpaired) electrons. The monoisotopic (exact) mass is 280 g/mol. The van der Waals surface area contributed by atoms with E-state index >= 15 is 0 Å². The van der Waals surface area contributed by atoms with Gasteiger partial charge in [0.25, 0.3) is 0 Å². The van der Waals surface area contributed by atoms with Crippen LogP contribution in [0.2, 0.25) is 0 Å². The molecule has 1 aliphatic heterocycles. The van der Waals surface area contributed by atoms with Crippen LogP contribution < -0.4 is 0 Å². The fourth-order valence-corrected chi connectivity index (χ4v) is 3.48. The summed E-state index contributed by atoms with van der Waals surface area (Å²) >= 11 is 11.1. The van der Waals surface area contributed by atoms with Crippen LogP contribution in [-0.2, 0) is 4.74 Å². The summed E-state index contributed by atoms with van der Waals surface area (Å²) in [4.78, 5) is 1.29. The van der Waals surface area contributed by atoms with Crippen molar-refractivity contribution >= 4 is 38.9 Å². The Hall–Kier alpha value is 0.430. The normalized spacial score (nSPS) is 28.2. The molecule has 4 heteroatoms. The van der Waals surface area contributed by atoms with Gasteiger partial charge in [0.2, 0.25) is 0 Å². The van der Waals surface area contributed by atoms with Crippen molar-refractivity contribution in [3.8, 4) is 0 Å². The molecular formula is C9H10BrClOS. The van der Waals surface area contributed by atoms with Crippen LogP contribution in [0, 0.1) is 5.92 Å². The van der Waals surface area contributed by atoms with Crippen molar-refractivity contribution in [2.24, 2.45) is 5.92 Å². The number of halogens is 2. The first-order valence-electron chi connectivity index (χ1n) is 4.22. The summed E-state index contributed by atoms with van der Waals surface area (Å²) in [6.45, 7) is 0.845. The molecule has 2 heterocycles. The zero-order valence-corrected chi connectivity index (χ0v) is 10.2. The summed E-state index contributed by atoms with van der Waals surface area (Å²) in [6.07, 6.45) is 1.32. The van der Waals surface area contributed by atoms with Crippen molar-refractivity contribution in [3.05, 3.63) is 20.8 Å². The van der Waals surface area contributed by atoms with Gasteiger partial charge in [0.1, 0.15) is 0 Å². The lowest BCUT2D eigenvalue weighted by molar-refractivity contribution is 0.0980. The van der Waals surface area contributed by atoms with Gasteiger partial charge in [-0.05, 0) is 28.4 Å². The second kappa shape index (κ2) is 4.30. The second-order valence-corrected chi connectivity index (χ2v) is 5.33. The molecule has 1 saturated heterocycles. The molecule has 1 aromatic heterocycles. The number of alkyl halides is 1. The molecule has 2 atom stereocenters. The van der Waals surface area contributed by atoms with Gasteiger partial charge in [-0.2, -0.15) is 0 Å². The van der Waals surface area contributed by atoms with Gasteiger partial charge in [-0.3, -0.25) is 0 Å². The van der Waals surface area contributed by atoms with Crippen LogP contribution in [0.3, 0.4) is 0 Å². The lowest BCUT2D eigenvalue weighted by Crippen LogP contribution is -2.06. The van der Waals surface area contributed by atoms with Crippen LogP contribution in [0.5, 0.6) is 0 Å². The molecule has 0 bridgehead atoms. The van der Waals surface area contributed by atoms with Gasteiger partial charge in [0, 0.05) is 33.1 Å². The zero-order chi connectivity index (χ0) is 9.26. The topological polar surface area (TPSA) is 9.23 Å². The van der Waals surface area contributed by atoms with Crippen molar-refractivity contribution in [1.29, 1.82) is 0 Å². The number of thiophene rings is 1. The molecule has 0 amide bonds. The van der Waals surface area contributed by atoms with E-state index in [1.54, 1.807) is 11.3 Å². The average molecular weight is 282 g/mol. The van der Waals surface area contributed by atoms with Crippen molar-refractivity contribution in [3.63, 3.8) is 0 Å². The fourth-order valence-electron chi connectivity index (χ4n) is 1.58. The van der Waals surface area contributed by atoms with E-state index in [1.165, 1.54) is 4.88 Å². The Labute approximate surface area is 95.2 Å². The molecule has 0 saturated carbocycles. The summed E-state index contributed by atoms with van der Waals surface area (Å²) in [5.74, 6) is 1.19. The minimum Gasteiger partial charge on any atom is -0.372 e. The third-order valence-electron chi connectivity index (χ3n) is 2.28. The van der Waals surface area contributed by atoms with Crippen LogP contribution in [0.25, 0.3) is 0 Å². The van der Waals surface area contributed by atoms with Crippen LogP contribution in [0.4, 0.5) is 0 Å². The fraction of sp³-hybridized carbons (Fsp3) is 0.556. The van der Waals surface area contributed by atoms with Crippen molar-refractivity contribution in [1.82, 2.24) is 0 Å². The molecule has 2 rings (SSSR count). The highest BCUT2D eigenvalue weighted by Crippen LogP contribution is 2.38. The van der Waals surface area contributed by atoms with Crippen LogP contribution in [0.15, 0.2) is 15.9 Å². The first-order chi connectivity index (χ1) is 6.31. The average Bonchev–Trinajstić information content (AvgIpc) is 2.71. The summed E-state index contributed by atoms with van der Waals surface area (Å²) < 4.78 is 6.80. The van der Waals surface area contributed by atoms with E-state index in [0.29, 0.717) is 11.8 Å². The highest BCUT2D eigenvalue weighted by molar-refractivity contribution is 9.10. The van der Waals surface area contributed by atoms with Crippen LogP contribution >= 0.6 is 38.9 Å². The molecule has 1 aromatic rings. The van der Waals surface area contributed by atoms with E-state index in [2.05, 4.69) is 27.4 Å². The minimum atomic E-state index is 0.230. The van der Waals surface area contributed by atoms with Crippen LogP contribution in [0.1, 0.15) is 17.4 Å². The Balaban J connectivity index is 2.15. The molecule has 0 aromatic carbocycles. The second-order valence-electron chi connectivity index (χ2n) is 3.16. The predicted molar refractivity (Wildman–Crippen MR) is 59.5 cm³/mol. The van der Waals surface area contributed by atoms with Gasteiger partial charge in [-0.15, -0.1) is 22.9 Å². The number of rotatable bonds is 2. The molecule has 0 spiro atoms. The lowest BCUT2D eigenvalue weighted by Gasteiger charge is -2.13. The predicted octanol–water partition coefficient (Wildman–Crippen LogP) is 3.83. The van der Waals surface area contributed by atoms with E-state index in [0.717, 1.165) is 17.5 Å². The smallest absolute Gasteiger partial charge is 0.0957 e. The standard InChI is InChI=1S/C9H10BrClOS/c10-7-3-8(13-5-7)9-6(4-11)1-2-12-9/h3,5-6,9H,1-2,4H2. The highest BCUT2D eigenvalue weighted by atomic mass is 79.9. The Morgan fingerprint density at radius 3 is 3.15 bits per heavy atom. The molecule has 1 nitrogen and oxygen atoms in total. The Morgan fingerprint density at radius 2 is 2.54 bits per heavy atom. The van der Waals surface area contributed by atoms with Gasteiger partial charge in [0.05, 0.1) is 6.10 Å². The number of ether oxygens (including phenoxy) is 1. The molecule has 13 heavy (non-hydrogen) atoms. The molecule has 1 aliphatic rings. The maximum atomic E-state index is 5.87. The van der Waals surface area contributed by atoms with Gasteiger partial charge >= 0.3 is 0 Å². The van der Waals surface area contributed by atoms with E-state index in [-0.39, 0.29) is 6.10 Å². The van der Waals surface area contributed by atoms with Crippen molar-refractivity contribution in [2.45, 2.75) is 12.5 Å². The summed E-state index contributed by atoms with van der Waals surface area (Å²) in [6, 6.07) is 2.13. The molecule has 72 valence electrons. The largest absolute Gasteiger partial charge is 0.372 e. The first kappa shape index (κ1) is 9.97. The summed E-state index contributed by atoms with van der Waals surface area (Å²) in [7, 11) is 0. The van der Waals surface area contributed by atoms with Gasteiger partial charge in [-0.25, -0.2) is 0 Å². The van der Waals surface area contributed by atoms with Gasteiger partial charge in [0.15, 0.2) is 0 Å². The van der Waals surface area contributed by atoms with E-state index in [4.69, 9.17) is 16.3 Å². The minimum absolute atomic E-state index is 0.230. The highest BCUT2D eigenvalue weighted by Gasteiger charge is 2.29. The number of hydrogen-bond donors (Lipinski definition) is 0. The van der Waals surface area contributed by atoms with Crippen molar-refractivity contribution in [2.75, 3.05) is 12.5 Å².